The molecule has 0 aliphatic heterocycles. The lowest BCUT2D eigenvalue weighted by molar-refractivity contribution is -0.137. The van der Waals surface area contributed by atoms with Gasteiger partial charge < -0.3 is 5.11 Å². The van der Waals surface area contributed by atoms with Gasteiger partial charge in [-0.3, -0.25) is 4.79 Å². The molecule has 1 unspecified atom stereocenters. The van der Waals surface area contributed by atoms with Crippen LogP contribution in [0.5, 0.6) is 0 Å². The summed E-state index contributed by atoms with van der Waals surface area (Å²) in [5.74, 6) is 0.180. The van der Waals surface area contributed by atoms with Crippen LogP contribution in [0, 0.1) is 5.41 Å². The second-order valence-corrected chi connectivity index (χ2v) is 7.20. The van der Waals surface area contributed by atoms with Gasteiger partial charge in [0.2, 0.25) is 0 Å². The van der Waals surface area contributed by atoms with Crippen molar-refractivity contribution in [2.45, 2.75) is 64.4 Å². The van der Waals surface area contributed by atoms with E-state index in [1.54, 1.807) is 0 Å². The Bertz CT molecular complexity index is 450. The maximum Gasteiger partial charge on any atom is 0.164 e. The SMILES string of the molecule is CC(C)(C)C(CC(=O)C1(O)CCCC1)c1ccccc1. The van der Waals surface area contributed by atoms with Crippen LogP contribution < -0.4 is 0 Å². The van der Waals surface area contributed by atoms with Crippen molar-refractivity contribution >= 4 is 5.78 Å². The summed E-state index contributed by atoms with van der Waals surface area (Å²) in [7, 11) is 0. The van der Waals surface area contributed by atoms with E-state index in [2.05, 4.69) is 32.9 Å². The highest BCUT2D eigenvalue weighted by atomic mass is 16.3. The zero-order valence-electron chi connectivity index (χ0n) is 12.9. The summed E-state index contributed by atoms with van der Waals surface area (Å²) in [6, 6.07) is 10.2. The first kappa shape index (κ1) is 15.2. The van der Waals surface area contributed by atoms with Gasteiger partial charge in [0.05, 0.1) is 0 Å². The highest BCUT2D eigenvalue weighted by Crippen LogP contribution is 2.41. The van der Waals surface area contributed by atoms with Crippen LogP contribution in [-0.4, -0.2) is 16.5 Å². The summed E-state index contributed by atoms with van der Waals surface area (Å²) in [6.45, 7) is 6.49. The van der Waals surface area contributed by atoms with E-state index >= 15 is 0 Å². The summed E-state index contributed by atoms with van der Waals surface area (Å²) in [6.07, 6.45) is 3.64. The molecule has 1 aromatic rings. The zero-order chi connectivity index (χ0) is 14.8. The third-order valence-corrected chi connectivity index (χ3v) is 4.59. The second kappa shape index (κ2) is 5.69. The van der Waals surface area contributed by atoms with E-state index in [4.69, 9.17) is 0 Å². The van der Waals surface area contributed by atoms with Crippen LogP contribution in [0.15, 0.2) is 30.3 Å². The van der Waals surface area contributed by atoms with E-state index in [9.17, 15) is 9.90 Å². The molecule has 2 rings (SSSR count). The third-order valence-electron chi connectivity index (χ3n) is 4.59. The van der Waals surface area contributed by atoms with Crippen molar-refractivity contribution in [1.82, 2.24) is 0 Å². The smallest absolute Gasteiger partial charge is 0.164 e. The molecule has 0 bridgehead atoms. The minimum absolute atomic E-state index is 0.00593. The van der Waals surface area contributed by atoms with Gasteiger partial charge in [0, 0.05) is 6.42 Å². The van der Waals surface area contributed by atoms with Gasteiger partial charge in [0.1, 0.15) is 5.60 Å². The monoisotopic (exact) mass is 274 g/mol. The molecule has 0 aromatic heterocycles. The molecule has 0 spiro atoms. The molecule has 1 aliphatic rings. The first-order valence-corrected chi connectivity index (χ1v) is 7.63. The molecular weight excluding hydrogens is 248 g/mol. The van der Waals surface area contributed by atoms with E-state index in [0.29, 0.717) is 19.3 Å². The lowest BCUT2D eigenvalue weighted by Crippen LogP contribution is -2.37. The van der Waals surface area contributed by atoms with Crippen LogP contribution in [-0.2, 0) is 4.79 Å². The molecule has 1 saturated carbocycles. The molecule has 1 aromatic carbocycles. The number of hydrogen-bond donors (Lipinski definition) is 1. The number of benzene rings is 1. The topological polar surface area (TPSA) is 37.3 Å². The van der Waals surface area contributed by atoms with E-state index in [1.807, 2.05) is 18.2 Å². The van der Waals surface area contributed by atoms with Crippen LogP contribution >= 0.6 is 0 Å². The Morgan fingerprint density at radius 2 is 1.75 bits per heavy atom. The number of aliphatic hydroxyl groups is 1. The maximum atomic E-state index is 12.5. The van der Waals surface area contributed by atoms with Crippen molar-refractivity contribution in [1.29, 1.82) is 0 Å². The van der Waals surface area contributed by atoms with Crippen LogP contribution in [0.1, 0.15) is 64.4 Å². The molecule has 2 nitrogen and oxygen atoms in total. The molecule has 2 heteroatoms. The number of ketones is 1. The molecule has 0 saturated heterocycles. The van der Waals surface area contributed by atoms with Crippen LogP contribution in [0.2, 0.25) is 0 Å². The Kier molecular flexibility index (Phi) is 4.33. The van der Waals surface area contributed by atoms with Gasteiger partial charge in [-0.1, -0.05) is 51.1 Å². The molecule has 0 heterocycles. The van der Waals surface area contributed by atoms with Crippen molar-refractivity contribution < 1.29 is 9.90 Å². The molecule has 0 amide bonds. The van der Waals surface area contributed by atoms with Gasteiger partial charge in [-0.05, 0) is 42.6 Å². The van der Waals surface area contributed by atoms with Gasteiger partial charge >= 0.3 is 0 Å². The lowest BCUT2D eigenvalue weighted by Gasteiger charge is -2.33. The highest BCUT2D eigenvalue weighted by molar-refractivity contribution is 5.88. The van der Waals surface area contributed by atoms with Gasteiger partial charge in [0.15, 0.2) is 5.78 Å². The molecule has 1 atom stereocenters. The first-order chi connectivity index (χ1) is 9.33. The zero-order valence-corrected chi connectivity index (χ0v) is 12.9. The number of rotatable bonds is 4. The molecule has 0 radical (unpaired) electrons. The summed E-state index contributed by atoms with van der Waals surface area (Å²) >= 11 is 0. The summed E-state index contributed by atoms with van der Waals surface area (Å²) in [5, 5.41) is 10.5. The summed E-state index contributed by atoms with van der Waals surface area (Å²) < 4.78 is 0. The van der Waals surface area contributed by atoms with E-state index < -0.39 is 5.60 Å². The Balaban J connectivity index is 2.19. The fraction of sp³-hybridized carbons (Fsp3) is 0.611. The number of carbonyl (C=O) groups is 1. The van der Waals surface area contributed by atoms with Crippen molar-refractivity contribution in [2.75, 3.05) is 0 Å². The highest BCUT2D eigenvalue weighted by Gasteiger charge is 2.41. The van der Waals surface area contributed by atoms with Crippen molar-refractivity contribution in [3.05, 3.63) is 35.9 Å². The quantitative estimate of drug-likeness (QED) is 0.898. The fourth-order valence-corrected chi connectivity index (χ4v) is 3.22. The molecular formula is C18H26O2. The molecule has 1 fully saturated rings. The Morgan fingerprint density at radius 1 is 1.20 bits per heavy atom. The summed E-state index contributed by atoms with van der Waals surface area (Å²) in [4.78, 5) is 12.5. The maximum absolute atomic E-state index is 12.5. The number of hydrogen-bond acceptors (Lipinski definition) is 2. The van der Waals surface area contributed by atoms with Crippen molar-refractivity contribution in [3.63, 3.8) is 0 Å². The van der Waals surface area contributed by atoms with Crippen LogP contribution in [0.4, 0.5) is 0 Å². The molecule has 1 N–H and O–H groups in total. The summed E-state index contributed by atoms with van der Waals surface area (Å²) in [5.41, 5.74) is 0.138. The van der Waals surface area contributed by atoms with E-state index in [-0.39, 0.29) is 17.1 Å². The first-order valence-electron chi connectivity index (χ1n) is 7.63. The fourth-order valence-electron chi connectivity index (χ4n) is 3.22. The van der Waals surface area contributed by atoms with Crippen LogP contribution in [0.25, 0.3) is 0 Å². The van der Waals surface area contributed by atoms with Crippen LogP contribution in [0.3, 0.4) is 0 Å². The largest absolute Gasteiger partial charge is 0.382 e. The van der Waals surface area contributed by atoms with Gasteiger partial charge in [-0.25, -0.2) is 0 Å². The molecule has 110 valence electrons. The molecule has 1 aliphatic carbocycles. The van der Waals surface area contributed by atoms with Gasteiger partial charge in [-0.15, -0.1) is 0 Å². The van der Waals surface area contributed by atoms with Crippen molar-refractivity contribution in [3.8, 4) is 0 Å². The van der Waals surface area contributed by atoms with E-state index in [0.717, 1.165) is 12.8 Å². The molecule has 20 heavy (non-hydrogen) atoms. The van der Waals surface area contributed by atoms with E-state index in [1.165, 1.54) is 5.56 Å². The minimum Gasteiger partial charge on any atom is -0.382 e. The average molecular weight is 274 g/mol. The predicted molar refractivity (Wildman–Crippen MR) is 81.7 cm³/mol. The van der Waals surface area contributed by atoms with Crippen molar-refractivity contribution in [2.24, 2.45) is 5.41 Å². The second-order valence-electron chi connectivity index (χ2n) is 7.20. The standard InChI is InChI=1S/C18H26O2/c1-17(2,3)15(14-9-5-4-6-10-14)13-16(19)18(20)11-7-8-12-18/h4-6,9-10,15,20H,7-8,11-13H2,1-3H3. The van der Waals surface area contributed by atoms with Gasteiger partial charge in [0.25, 0.3) is 0 Å². The average Bonchev–Trinajstić information content (AvgIpc) is 2.83. The third kappa shape index (κ3) is 3.29. The van der Waals surface area contributed by atoms with Gasteiger partial charge in [-0.2, -0.15) is 0 Å². The Morgan fingerprint density at radius 3 is 2.25 bits per heavy atom. The minimum atomic E-state index is -1.06. The number of Topliss-reactive ketones (excluding diaryl/α,β-unsaturated/α-hetero) is 1. The lowest BCUT2D eigenvalue weighted by atomic mass is 9.72. The Labute approximate surface area is 122 Å². The normalized spacial score (nSPS) is 19.8. The number of carbonyl (C=O) groups excluding carboxylic acids is 1. The Hall–Kier alpha value is -1.15. The predicted octanol–water partition coefficient (Wildman–Crippen LogP) is 4.08.